The summed E-state index contributed by atoms with van der Waals surface area (Å²) in [6.45, 7) is 0.909. The number of fused-ring (bicyclic) bond motifs is 1. The number of hydrogen-bond donors (Lipinski definition) is 1. The lowest BCUT2D eigenvalue weighted by atomic mass is 9.44. The third-order valence-corrected chi connectivity index (χ3v) is 4.34. The maximum absolute atomic E-state index is 11.9. The van der Waals surface area contributed by atoms with Crippen LogP contribution in [-0.4, -0.2) is 9.55 Å². The van der Waals surface area contributed by atoms with Crippen molar-refractivity contribution >= 4 is 11.0 Å². The van der Waals surface area contributed by atoms with Gasteiger partial charge < -0.3 is 4.98 Å². The standard InChI is InChI=1S/C13H14N2O/c16-12-14-10-3-1-2-4-11(10)15(12)8-13-5-9(6-13)7-13/h1-4,9H,5-8H2,(H,14,16). The minimum atomic E-state index is 0.0472. The molecule has 0 aliphatic heterocycles. The molecule has 2 bridgehead atoms. The van der Waals surface area contributed by atoms with E-state index >= 15 is 0 Å². The molecular formula is C13H14N2O. The molecule has 0 spiro atoms. The van der Waals surface area contributed by atoms with Crippen molar-refractivity contribution in [1.82, 2.24) is 9.55 Å². The maximum Gasteiger partial charge on any atom is 0.326 e. The second kappa shape index (κ2) is 2.59. The topological polar surface area (TPSA) is 37.8 Å². The first kappa shape index (κ1) is 8.62. The molecule has 3 aliphatic carbocycles. The van der Waals surface area contributed by atoms with Crippen molar-refractivity contribution in [2.24, 2.45) is 11.3 Å². The predicted octanol–water partition coefficient (Wildman–Crippen LogP) is 2.13. The number of H-pyrrole nitrogens is 1. The number of hydrogen-bond acceptors (Lipinski definition) is 1. The van der Waals surface area contributed by atoms with E-state index in [1.165, 1.54) is 19.3 Å². The molecule has 0 unspecified atom stereocenters. The van der Waals surface area contributed by atoms with Gasteiger partial charge in [0.05, 0.1) is 11.0 Å². The molecule has 0 amide bonds. The predicted molar refractivity (Wildman–Crippen MR) is 62.3 cm³/mol. The minimum Gasteiger partial charge on any atom is -0.306 e. The summed E-state index contributed by atoms with van der Waals surface area (Å²) in [5.74, 6) is 0.973. The average Bonchev–Trinajstić information content (AvgIpc) is 2.46. The van der Waals surface area contributed by atoms with Crippen LogP contribution in [0.1, 0.15) is 19.3 Å². The third-order valence-electron chi connectivity index (χ3n) is 4.34. The monoisotopic (exact) mass is 214 g/mol. The van der Waals surface area contributed by atoms with E-state index < -0.39 is 0 Å². The van der Waals surface area contributed by atoms with Gasteiger partial charge in [-0.1, -0.05) is 12.1 Å². The molecule has 3 heteroatoms. The highest BCUT2D eigenvalue weighted by Crippen LogP contribution is 2.65. The van der Waals surface area contributed by atoms with Crippen molar-refractivity contribution in [3.63, 3.8) is 0 Å². The van der Waals surface area contributed by atoms with Gasteiger partial charge in [-0.2, -0.15) is 0 Å². The summed E-state index contributed by atoms with van der Waals surface area (Å²) in [5, 5.41) is 0. The van der Waals surface area contributed by atoms with Crippen molar-refractivity contribution in [3.8, 4) is 0 Å². The molecule has 3 saturated carbocycles. The van der Waals surface area contributed by atoms with Gasteiger partial charge in [-0.3, -0.25) is 4.57 Å². The second-order valence-electron chi connectivity index (χ2n) is 5.51. The van der Waals surface area contributed by atoms with Gasteiger partial charge in [-0.05, 0) is 42.7 Å². The molecule has 1 aromatic heterocycles. The van der Waals surface area contributed by atoms with Gasteiger partial charge in [0.15, 0.2) is 0 Å². The van der Waals surface area contributed by atoms with E-state index in [0.717, 1.165) is 23.5 Å². The van der Waals surface area contributed by atoms with Gasteiger partial charge in [0, 0.05) is 6.54 Å². The molecule has 3 fully saturated rings. The van der Waals surface area contributed by atoms with Crippen molar-refractivity contribution in [1.29, 1.82) is 0 Å². The van der Waals surface area contributed by atoms with Gasteiger partial charge in [0.1, 0.15) is 0 Å². The van der Waals surface area contributed by atoms with Gasteiger partial charge in [-0.15, -0.1) is 0 Å². The Labute approximate surface area is 93.1 Å². The van der Waals surface area contributed by atoms with Crippen LogP contribution >= 0.6 is 0 Å². The number of rotatable bonds is 2. The molecule has 82 valence electrons. The van der Waals surface area contributed by atoms with Crippen LogP contribution in [0, 0.1) is 11.3 Å². The Bertz CT molecular complexity index is 605. The Hall–Kier alpha value is -1.51. The molecule has 1 aromatic carbocycles. The smallest absolute Gasteiger partial charge is 0.306 e. The fourth-order valence-electron chi connectivity index (χ4n) is 3.45. The molecule has 0 atom stereocenters. The van der Waals surface area contributed by atoms with Crippen LogP contribution in [-0.2, 0) is 6.54 Å². The number of aromatic amines is 1. The third kappa shape index (κ3) is 0.958. The van der Waals surface area contributed by atoms with Crippen LogP contribution < -0.4 is 5.69 Å². The summed E-state index contributed by atoms with van der Waals surface area (Å²) in [7, 11) is 0. The first-order valence-electron chi connectivity index (χ1n) is 5.93. The second-order valence-corrected chi connectivity index (χ2v) is 5.51. The van der Waals surface area contributed by atoms with Crippen molar-refractivity contribution < 1.29 is 0 Å². The molecule has 3 nitrogen and oxygen atoms in total. The number of imidazole rings is 1. The van der Waals surface area contributed by atoms with E-state index in [0.29, 0.717) is 5.41 Å². The van der Waals surface area contributed by atoms with Gasteiger partial charge in [-0.25, -0.2) is 4.79 Å². The fraction of sp³-hybridized carbons (Fsp3) is 0.462. The Kier molecular flexibility index (Phi) is 1.40. The van der Waals surface area contributed by atoms with Crippen LogP contribution in [0.5, 0.6) is 0 Å². The van der Waals surface area contributed by atoms with Gasteiger partial charge in [0.25, 0.3) is 0 Å². The minimum absolute atomic E-state index is 0.0472. The van der Waals surface area contributed by atoms with Crippen LogP contribution in [0.3, 0.4) is 0 Å². The van der Waals surface area contributed by atoms with Crippen molar-refractivity contribution in [3.05, 3.63) is 34.7 Å². The Morgan fingerprint density at radius 2 is 2.06 bits per heavy atom. The van der Waals surface area contributed by atoms with Crippen molar-refractivity contribution in [2.75, 3.05) is 0 Å². The van der Waals surface area contributed by atoms with E-state index in [2.05, 4.69) is 4.98 Å². The molecule has 1 heterocycles. The number of para-hydroxylation sites is 2. The van der Waals surface area contributed by atoms with E-state index in [4.69, 9.17) is 0 Å². The van der Waals surface area contributed by atoms with E-state index in [9.17, 15) is 4.79 Å². The first-order valence-corrected chi connectivity index (χ1v) is 5.93. The Morgan fingerprint density at radius 3 is 2.75 bits per heavy atom. The van der Waals surface area contributed by atoms with Crippen LogP contribution in [0.2, 0.25) is 0 Å². The molecule has 1 N–H and O–H groups in total. The zero-order chi connectivity index (χ0) is 10.8. The summed E-state index contributed by atoms with van der Waals surface area (Å²) >= 11 is 0. The zero-order valence-electron chi connectivity index (χ0n) is 9.07. The number of nitrogens with one attached hydrogen (secondary N) is 1. The number of benzene rings is 1. The fourth-order valence-corrected chi connectivity index (χ4v) is 3.45. The lowest BCUT2D eigenvalue weighted by Gasteiger charge is -2.62. The highest BCUT2D eigenvalue weighted by Gasteiger charge is 2.56. The first-order chi connectivity index (χ1) is 7.76. The van der Waals surface area contributed by atoms with Crippen LogP contribution in [0.4, 0.5) is 0 Å². The molecule has 3 aliphatic rings. The molecule has 5 rings (SSSR count). The lowest BCUT2D eigenvalue weighted by Crippen LogP contribution is -2.54. The molecule has 0 radical (unpaired) electrons. The zero-order valence-corrected chi connectivity index (χ0v) is 9.07. The van der Waals surface area contributed by atoms with Gasteiger partial charge >= 0.3 is 5.69 Å². The van der Waals surface area contributed by atoms with E-state index in [-0.39, 0.29) is 5.69 Å². The normalized spacial score (nSPS) is 31.1. The highest BCUT2D eigenvalue weighted by molar-refractivity contribution is 5.74. The molecule has 16 heavy (non-hydrogen) atoms. The number of nitrogens with zero attached hydrogens (tertiary/aromatic N) is 1. The molecule has 0 saturated heterocycles. The van der Waals surface area contributed by atoms with E-state index in [1.54, 1.807) is 0 Å². The lowest BCUT2D eigenvalue weighted by molar-refractivity contribution is -0.118. The summed E-state index contributed by atoms with van der Waals surface area (Å²) in [6.07, 6.45) is 4.00. The summed E-state index contributed by atoms with van der Waals surface area (Å²) < 4.78 is 1.92. The Balaban J connectivity index is 1.83. The summed E-state index contributed by atoms with van der Waals surface area (Å²) in [5.41, 5.74) is 2.53. The summed E-state index contributed by atoms with van der Waals surface area (Å²) in [4.78, 5) is 14.8. The average molecular weight is 214 g/mol. The molecular weight excluding hydrogens is 200 g/mol. The molecule has 2 aromatic rings. The van der Waals surface area contributed by atoms with Crippen LogP contribution in [0.25, 0.3) is 11.0 Å². The van der Waals surface area contributed by atoms with Crippen LogP contribution in [0.15, 0.2) is 29.1 Å². The Morgan fingerprint density at radius 1 is 1.31 bits per heavy atom. The van der Waals surface area contributed by atoms with E-state index in [1.807, 2.05) is 28.8 Å². The largest absolute Gasteiger partial charge is 0.326 e. The highest BCUT2D eigenvalue weighted by atomic mass is 16.1. The maximum atomic E-state index is 11.9. The number of aromatic nitrogens is 2. The SMILES string of the molecule is O=c1[nH]c2ccccc2n1CC12CC(C1)C2. The summed E-state index contributed by atoms with van der Waals surface area (Å²) in [6, 6.07) is 7.95. The van der Waals surface area contributed by atoms with Crippen molar-refractivity contribution in [2.45, 2.75) is 25.8 Å². The quantitative estimate of drug-likeness (QED) is 0.817. The van der Waals surface area contributed by atoms with Gasteiger partial charge in [0.2, 0.25) is 0 Å².